The normalized spacial score (nSPS) is 15.7. The fourth-order valence-electron chi connectivity index (χ4n) is 3.27. The highest BCUT2D eigenvalue weighted by atomic mass is 19.1. The van der Waals surface area contributed by atoms with Crippen molar-refractivity contribution in [2.75, 3.05) is 46.4 Å². The molecule has 29 heavy (non-hydrogen) atoms. The molecule has 0 radical (unpaired) electrons. The second-order valence-corrected chi connectivity index (χ2v) is 7.51. The average Bonchev–Trinajstić information content (AvgIpc) is 2.67. The first-order valence-electron chi connectivity index (χ1n) is 10.2. The number of rotatable bonds is 8. The summed E-state index contributed by atoms with van der Waals surface area (Å²) in [5.41, 5.74) is 1.48. The second-order valence-electron chi connectivity index (χ2n) is 7.51. The monoisotopic (exact) mass is 407 g/mol. The standard InChI is InChI=1S/C21H34FN5O2/c1-5-23-21(24-13-17-6-7-19(22)18(12-17)15-29-4)27-10-8-26(9-11-27)14-20(28)25-16(2)3/h6-7,12,16H,5,8-11,13-15H2,1-4H3,(H,23,24)(H,25,28). The van der Waals surface area contributed by atoms with Gasteiger partial charge in [-0.05, 0) is 38.5 Å². The number of halogens is 1. The first kappa shape index (κ1) is 23.1. The molecule has 1 aliphatic rings. The molecule has 8 heteroatoms. The van der Waals surface area contributed by atoms with E-state index >= 15 is 0 Å². The van der Waals surface area contributed by atoms with E-state index in [0.29, 0.717) is 18.7 Å². The molecule has 1 aromatic rings. The molecule has 1 saturated heterocycles. The van der Waals surface area contributed by atoms with Gasteiger partial charge in [-0.25, -0.2) is 9.38 Å². The summed E-state index contributed by atoms with van der Waals surface area (Å²) in [6.45, 7) is 11.1. The van der Waals surface area contributed by atoms with Crippen LogP contribution in [-0.4, -0.2) is 74.1 Å². The van der Waals surface area contributed by atoms with Crippen molar-refractivity contribution < 1.29 is 13.9 Å². The highest BCUT2D eigenvalue weighted by Gasteiger charge is 2.21. The highest BCUT2D eigenvalue weighted by molar-refractivity contribution is 5.80. The predicted molar refractivity (Wildman–Crippen MR) is 113 cm³/mol. The minimum absolute atomic E-state index is 0.0668. The summed E-state index contributed by atoms with van der Waals surface area (Å²) < 4.78 is 18.8. The lowest BCUT2D eigenvalue weighted by atomic mass is 10.1. The quantitative estimate of drug-likeness (QED) is 0.506. The third-order valence-corrected chi connectivity index (χ3v) is 4.64. The molecule has 1 aliphatic heterocycles. The van der Waals surface area contributed by atoms with Gasteiger partial charge in [0.15, 0.2) is 5.96 Å². The number of hydrogen-bond donors (Lipinski definition) is 2. The highest BCUT2D eigenvalue weighted by Crippen LogP contribution is 2.13. The number of carbonyl (C=O) groups excluding carboxylic acids is 1. The summed E-state index contributed by atoms with van der Waals surface area (Å²) in [5, 5.41) is 6.27. The summed E-state index contributed by atoms with van der Waals surface area (Å²) >= 11 is 0. The molecule has 1 heterocycles. The van der Waals surface area contributed by atoms with E-state index in [1.807, 2.05) is 20.8 Å². The van der Waals surface area contributed by atoms with Crippen molar-refractivity contribution in [3.05, 3.63) is 35.1 Å². The van der Waals surface area contributed by atoms with Gasteiger partial charge in [-0.15, -0.1) is 0 Å². The summed E-state index contributed by atoms with van der Waals surface area (Å²) in [4.78, 5) is 21.1. The summed E-state index contributed by atoms with van der Waals surface area (Å²) in [5.74, 6) is 0.651. The average molecular weight is 408 g/mol. The topological polar surface area (TPSA) is 69.2 Å². The van der Waals surface area contributed by atoms with Crippen molar-refractivity contribution in [3.8, 4) is 0 Å². The molecule has 2 rings (SSSR count). The fourth-order valence-corrected chi connectivity index (χ4v) is 3.27. The van der Waals surface area contributed by atoms with Crippen molar-refractivity contribution in [1.29, 1.82) is 0 Å². The summed E-state index contributed by atoms with van der Waals surface area (Å²) in [7, 11) is 1.56. The van der Waals surface area contributed by atoms with Gasteiger partial charge in [0.1, 0.15) is 5.82 Å². The molecule has 7 nitrogen and oxygen atoms in total. The lowest BCUT2D eigenvalue weighted by Crippen LogP contribution is -2.54. The fraction of sp³-hybridized carbons (Fsp3) is 0.619. The van der Waals surface area contributed by atoms with E-state index in [0.717, 1.165) is 44.2 Å². The molecule has 0 saturated carbocycles. The first-order valence-corrected chi connectivity index (χ1v) is 10.2. The molecule has 0 atom stereocenters. The Morgan fingerprint density at radius 2 is 2.00 bits per heavy atom. The smallest absolute Gasteiger partial charge is 0.234 e. The van der Waals surface area contributed by atoms with E-state index < -0.39 is 0 Å². The summed E-state index contributed by atoms with van der Waals surface area (Å²) in [6, 6.07) is 5.18. The Bertz CT molecular complexity index is 688. The van der Waals surface area contributed by atoms with Crippen LogP contribution in [0, 0.1) is 5.82 Å². The Kier molecular flexibility index (Phi) is 9.34. The van der Waals surface area contributed by atoms with Crippen LogP contribution in [0.1, 0.15) is 31.9 Å². The number of carbonyl (C=O) groups is 1. The Morgan fingerprint density at radius 1 is 1.28 bits per heavy atom. The number of benzene rings is 1. The van der Waals surface area contributed by atoms with Gasteiger partial charge < -0.3 is 20.3 Å². The number of amides is 1. The Morgan fingerprint density at radius 3 is 2.62 bits per heavy atom. The number of ether oxygens (including phenoxy) is 1. The number of nitrogens with one attached hydrogen (secondary N) is 2. The van der Waals surface area contributed by atoms with Gasteiger partial charge in [-0.3, -0.25) is 9.69 Å². The van der Waals surface area contributed by atoms with Crippen LogP contribution < -0.4 is 10.6 Å². The molecular weight excluding hydrogens is 373 g/mol. The van der Waals surface area contributed by atoms with Crippen LogP contribution in [0.5, 0.6) is 0 Å². The molecule has 2 N–H and O–H groups in total. The minimum atomic E-state index is -0.260. The van der Waals surface area contributed by atoms with Crippen LogP contribution >= 0.6 is 0 Å². The maximum atomic E-state index is 13.8. The molecule has 0 aliphatic carbocycles. The number of hydrogen-bond acceptors (Lipinski definition) is 4. The van der Waals surface area contributed by atoms with E-state index in [4.69, 9.17) is 9.73 Å². The number of aliphatic imine (C=N–C) groups is 1. The Labute approximate surface area is 173 Å². The maximum absolute atomic E-state index is 13.8. The van der Waals surface area contributed by atoms with Crippen molar-refractivity contribution in [3.63, 3.8) is 0 Å². The number of methoxy groups -OCH3 is 1. The van der Waals surface area contributed by atoms with E-state index in [9.17, 15) is 9.18 Å². The summed E-state index contributed by atoms with van der Waals surface area (Å²) in [6.07, 6.45) is 0. The van der Waals surface area contributed by atoms with Crippen molar-refractivity contribution in [2.45, 2.75) is 40.0 Å². The van der Waals surface area contributed by atoms with Crippen LogP contribution in [0.3, 0.4) is 0 Å². The Balaban J connectivity index is 1.94. The van der Waals surface area contributed by atoms with Gasteiger partial charge in [0, 0.05) is 51.4 Å². The zero-order valence-electron chi connectivity index (χ0n) is 18.0. The number of guanidine groups is 1. The minimum Gasteiger partial charge on any atom is -0.380 e. The van der Waals surface area contributed by atoms with E-state index in [1.165, 1.54) is 6.07 Å². The molecule has 0 aromatic heterocycles. The van der Waals surface area contributed by atoms with Crippen molar-refractivity contribution >= 4 is 11.9 Å². The molecule has 0 bridgehead atoms. The van der Waals surface area contributed by atoms with E-state index in [-0.39, 0.29) is 24.4 Å². The molecule has 1 fully saturated rings. The van der Waals surface area contributed by atoms with Gasteiger partial charge in [0.2, 0.25) is 5.91 Å². The SMILES string of the molecule is CCNC(=NCc1ccc(F)c(COC)c1)N1CCN(CC(=O)NC(C)C)CC1. The molecular formula is C21H34FN5O2. The molecule has 0 unspecified atom stereocenters. The van der Waals surface area contributed by atoms with Crippen LogP contribution in [0.2, 0.25) is 0 Å². The van der Waals surface area contributed by atoms with Crippen molar-refractivity contribution in [1.82, 2.24) is 20.4 Å². The third kappa shape index (κ3) is 7.62. The lowest BCUT2D eigenvalue weighted by molar-refractivity contribution is -0.123. The zero-order valence-corrected chi connectivity index (χ0v) is 18.0. The maximum Gasteiger partial charge on any atom is 0.234 e. The van der Waals surface area contributed by atoms with Crippen molar-refractivity contribution in [2.24, 2.45) is 4.99 Å². The molecule has 0 spiro atoms. The molecule has 1 aromatic carbocycles. The molecule has 162 valence electrons. The van der Waals surface area contributed by atoms with Gasteiger partial charge >= 0.3 is 0 Å². The zero-order chi connectivity index (χ0) is 21.2. The van der Waals surface area contributed by atoms with Gasteiger partial charge in [0.25, 0.3) is 0 Å². The van der Waals surface area contributed by atoms with Crippen LogP contribution in [0.4, 0.5) is 4.39 Å². The largest absolute Gasteiger partial charge is 0.380 e. The van der Waals surface area contributed by atoms with E-state index in [1.54, 1.807) is 19.2 Å². The van der Waals surface area contributed by atoms with E-state index in [2.05, 4.69) is 20.4 Å². The van der Waals surface area contributed by atoms with Crippen LogP contribution in [0.25, 0.3) is 0 Å². The second kappa shape index (κ2) is 11.7. The third-order valence-electron chi connectivity index (χ3n) is 4.64. The van der Waals surface area contributed by atoms with Gasteiger partial charge in [-0.2, -0.15) is 0 Å². The Hall–Kier alpha value is -2.19. The van der Waals surface area contributed by atoms with Gasteiger partial charge in [-0.1, -0.05) is 6.07 Å². The number of nitrogens with zero attached hydrogens (tertiary/aromatic N) is 3. The first-order chi connectivity index (χ1) is 13.9. The number of piperazine rings is 1. The predicted octanol–water partition coefficient (Wildman–Crippen LogP) is 1.58. The van der Waals surface area contributed by atoms with Crippen LogP contribution in [-0.2, 0) is 22.7 Å². The van der Waals surface area contributed by atoms with Gasteiger partial charge in [0.05, 0.1) is 19.7 Å². The van der Waals surface area contributed by atoms with Crippen LogP contribution in [0.15, 0.2) is 23.2 Å². The molecule has 1 amide bonds. The lowest BCUT2D eigenvalue weighted by Gasteiger charge is -2.36.